The fourth-order valence-corrected chi connectivity index (χ4v) is 3.68. The summed E-state index contributed by atoms with van der Waals surface area (Å²) in [4.78, 5) is 19.4. The fraction of sp³-hybridized carbons (Fsp3) is 0.273. The lowest BCUT2D eigenvalue weighted by Gasteiger charge is -2.25. The van der Waals surface area contributed by atoms with Gasteiger partial charge in [0.2, 0.25) is 5.89 Å². The number of carbonyl (C=O) groups excluding carboxylic acids is 1. The fourth-order valence-electron chi connectivity index (χ4n) is 3.48. The molecule has 0 N–H and O–H groups in total. The van der Waals surface area contributed by atoms with Crippen LogP contribution in [0.4, 0.5) is 0 Å². The van der Waals surface area contributed by atoms with Crippen LogP contribution in [-0.4, -0.2) is 29.4 Å². The number of fused-ring (bicyclic) bond motifs is 1. The second-order valence-corrected chi connectivity index (χ2v) is 7.32. The highest BCUT2D eigenvalue weighted by Crippen LogP contribution is 2.30. The summed E-state index contributed by atoms with van der Waals surface area (Å²) in [7, 11) is 1.64. The maximum absolute atomic E-state index is 13.0. The highest BCUT2D eigenvalue weighted by Gasteiger charge is 2.29. The van der Waals surface area contributed by atoms with Gasteiger partial charge < -0.3 is 14.1 Å². The molecule has 0 saturated heterocycles. The van der Waals surface area contributed by atoms with Crippen LogP contribution in [0.2, 0.25) is 5.02 Å². The van der Waals surface area contributed by atoms with Gasteiger partial charge in [-0.05, 0) is 24.6 Å². The maximum Gasteiger partial charge on any atom is 0.255 e. The molecule has 0 spiro atoms. The molecule has 2 aromatic carbocycles. The van der Waals surface area contributed by atoms with Gasteiger partial charge in [0, 0.05) is 20.1 Å². The second-order valence-electron chi connectivity index (χ2n) is 6.91. The Hall–Kier alpha value is -2.63. The molecule has 0 radical (unpaired) electrons. The zero-order valence-electron chi connectivity index (χ0n) is 15.8. The minimum atomic E-state index is -0.373. The van der Waals surface area contributed by atoms with Gasteiger partial charge in [0.15, 0.2) is 6.10 Å². The second kappa shape index (κ2) is 7.78. The van der Waals surface area contributed by atoms with E-state index in [1.807, 2.05) is 49.4 Å². The van der Waals surface area contributed by atoms with E-state index in [0.717, 1.165) is 22.6 Å². The van der Waals surface area contributed by atoms with Crippen molar-refractivity contribution < 1.29 is 13.9 Å². The highest BCUT2D eigenvalue weighted by molar-refractivity contribution is 6.33. The number of aryl methyl sites for hydroxylation is 1. The molecule has 1 amide bonds. The number of methoxy groups -OCH3 is 1. The molecule has 0 aliphatic carbocycles. The number of carbonyl (C=O) groups is 1. The summed E-state index contributed by atoms with van der Waals surface area (Å²) >= 11 is 6.24. The minimum Gasteiger partial charge on any atom is -0.442 e. The van der Waals surface area contributed by atoms with Crippen molar-refractivity contribution in [3.05, 3.63) is 87.6 Å². The van der Waals surface area contributed by atoms with Gasteiger partial charge in [-0.3, -0.25) is 4.79 Å². The summed E-state index contributed by atoms with van der Waals surface area (Å²) in [6.07, 6.45) is 0.241. The van der Waals surface area contributed by atoms with Gasteiger partial charge >= 0.3 is 0 Å². The van der Waals surface area contributed by atoms with Gasteiger partial charge in [-0.2, -0.15) is 0 Å². The zero-order chi connectivity index (χ0) is 19.7. The Kier molecular flexibility index (Phi) is 5.20. The van der Waals surface area contributed by atoms with E-state index in [0.29, 0.717) is 36.0 Å². The number of nitrogens with zero attached hydrogens (tertiary/aromatic N) is 2. The largest absolute Gasteiger partial charge is 0.442 e. The number of oxazole rings is 1. The number of ether oxygens (including phenoxy) is 1. The average Bonchev–Trinajstić information content (AvgIpc) is 3.13. The number of halogens is 1. The molecule has 1 unspecified atom stereocenters. The Morgan fingerprint density at radius 1 is 1.25 bits per heavy atom. The topological polar surface area (TPSA) is 55.6 Å². The van der Waals surface area contributed by atoms with E-state index in [-0.39, 0.29) is 12.0 Å². The molecule has 0 bridgehead atoms. The molecule has 4 rings (SSSR count). The minimum absolute atomic E-state index is 0.0877. The summed E-state index contributed by atoms with van der Waals surface area (Å²) < 4.78 is 11.6. The van der Waals surface area contributed by atoms with Crippen molar-refractivity contribution in [3.63, 3.8) is 0 Å². The summed E-state index contributed by atoms with van der Waals surface area (Å²) in [5, 5.41) is 0.464. The molecule has 28 heavy (non-hydrogen) atoms. The van der Waals surface area contributed by atoms with Crippen LogP contribution in [0.25, 0.3) is 0 Å². The van der Waals surface area contributed by atoms with Crippen LogP contribution in [0.5, 0.6) is 0 Å². The molecule has 1 aliphatic rings. The molecule has 0 fully saturated rings. The maximum atomic E-state index is 13.0. The molecule has 144 valence electrons. The third-order valence-corrected chi connectivity index (χ3v) is 5.28. The Bertz CT molecular complexity index is 1000. The standard InChI is InChI=1S/C22H21ClN2O3/c1-14-8-9-17(23)16(12-14)22(26)25-11-10-19-18(13-25)24-21(28-19)20(27-2)15-6-4-3-5-7-15/h3-9,12,20H,10-11,13H2,1-2H3. The van der Waals surface area contributed by atoms with E-state index >= 15 is 0 Å². The van der Waals surface area contributed by atoms with Gasteiger partial charge in [0.1, 0.15) is 11.5 Å². The first-order chi connectivity index (χ1) is 13.6. The number of amides is 1. The number of aromatic nitrogens is 1. The Morgan fingerprint density at radius 2 is 2.04 bits per heavy atom. The lowest BCUT2D eigenvalue weighted by Crippen LogP contribution is -2.36. The number of benzene rings is 2. The van der Waals surface area contributed by atoms with E-state index in [4.69, 9.17) is 20.8 Å². The lowest BCUT2D eigenvalue weighted by atomic mass is 10.1. The van der Waals surface area contributed by atoms with Crippen LogP contribution < -0.4 is 0 Å². The van der Waals surface area contributed by atoms with E-state index in [2.05, 4.69) is 4.98 Å². The first-order valence-corrected chi connectivity index (χ1v) is 9.56. The summed E-state index contributed by atoms with van der Waals surface area (Å²) in [5.74, 6) is 1.24. The molecular weight excluding hydrogens is 376 g/mol. The Balaban J connectivity index is 1.58. The van der Waals surface area contributed by atoms with Gasteiger partial charge in [-0.25, -0.2) is 4.98 Å². The normalized spacial score (nSPS) is 14.6. The molecule has 1 atom stereocenters. The third-order valence-electron chi connectivity index (χ3n) is 4.95. The van der Waals surface area contributed by atoms with Crippen molar-refractivity contribution in [1.29, 1.82) is 0 Å². The highest BCUT2D eigenvalue weighted by atomic mass is 35.5. The lowest BCUT2D eigenvalue weighted by molar-refractivity contribution is 0.0727. The Morgan fingerprint density at radius 3 is 2.79 bits per heavy atom. The molecular formula is C22H21ClN2O3. The molecule has 0 saturated carbocycles. The van der Waals surface area contributed by atoms with E-state index in [1.54, 1.807) is 18.1 Å². The van der Waals surface area contributed by atoms with Gasteiger partial charge in [0.05, 0.1) is 17.1 Å². The summed E-state index contributed by atoms with van der Waals surface area (Å²) in [6, 6.07) is 15.3. The van der Waals surface area contributed by atoms with Crippen molar-refractivity contribution in [1.82, 2.24) is 9.88 Å². The quantitative estimate of drug-likeness (QED) is 0.648. The molecule has 2 heterocycles. The predicted molar refractivity (Wildman–Crippen MR) is 106 cm³/mol. The SMILES string of the molecule is COC(c1ccccc1)c1nc2c(o1)CCN(C(=O)c1cc(C)ccc1Cl)C2. The van der Waals surface area contributed by atoms with Crippen molar-refractivity contribution in [2.45, 2.75) is 26.0 Å². The number of hydrogen-bond donors (Lipinski definition) is 0. The number of hydrogen-bond acceptors (Lipinski definition) is 4. The molecule has 5 nitrogen and oxygen atoms in total. The van der Waals surface area contributed by atoms with Crippen molar-refractivity contribution >= 4 is 17.5 Å². The van der Waals surface area contributed by atoms with Crippen LogP contribution in [-0.2, 0) is 17.7 Å². The van der Waals surface area contributed by atoms with Crippen LogP contribution in [0.1, 0.15) is 44.9 Å². The molecule has 3 aromatic rings. The Labute approximate surface area is 168 Å². The first-order valence-electron chi connectivity index (χ1n) is 9.18. The van der Waals surface area contributed by atoms with Gasteiger partial charge in [-0.1, -0.05) is 53.6 Å². The smallest absolute Gasteiger partial charge is 0.255 e. The number of rotatable bonds is 4. The van der Waals surface area contributed by atoms with E-state index in [1.165, 1.54) is 0 Å². The van der Waals surface area contributed by atoms with Crippen LogP contribution >= 0.6 is 11.6 Å². The molecule has 1 aromatic heterocycles. The monoisotopic (exact) mass is 396 g/mol. The summed E-state index contributed by atoms with van der Waals surface area (Å²) in [5.41, 5.74) is 3.27. The zero-order valence-corrected chi connectivity index (χ0v) is 16.6. The van der Waals surface area contributed by atoms with E-state index < -0.39 is 0 Å². The van der Waals surface area contributed by atoms with E-state index in [9.17, 15) is 4.79 Å². The average molecular weight is 397 g/mol. The third kappa shape index (κ3) is 3.55. The first kappa shape index (κ1) is 18.7. The van der Waals surface area contributed by atoms with Crippen LogP contribution in [0.3, 0.4) is 0 Å². The molecule has 6 heteroatoms. The van der Waals surface area contributed by atoms with Crippen molar-refractivity contribution in [3.8, 4) is 0 Å². The van der Waals surface area contributed by atoms with Gasteiger partial charge in [0.25, 0.3) is 5.91 Å². The molecule has 1 aliphatic heterocycles. The van der Waals surface area contributed by atoms with Crippen LogP contribution in [0, 0.1) is 6.92 Å². The summed E-state index contributed by atoms with van der Waals surface area (Å²) in [6.45, 7) is 2.90. The van der Waals surface area contributed by atoms with Crippen molar-refractivity contribution in [2.75, 3.05) is 13.7 Å². The van der Waals surface area contributed by atoms with Crippen molar-refractivity contribution in [2.24, 2.45) is 0 Å². The predicted octanol–water partition coefficient (Wildman–Crippen LogP) is 4.57. The van der Waals surface area contributed by atoms with Crippen LogP contribution in [0.15, 0.2) is 52.9 Å². The van der Waals surface area contributed by atoms with Gasteiger partial charge in [-0.15, -0.1) is 0 Å².